The van der Waals surface area contributed by atoms with Crippen LogP contribution < -0.4 is 10.2 Å². The topological polar surface area (TPSA) is 80.3 Å². The lowest BCUT2D eigenvalue weighted by Crippen LogP contribution is -2.47. The molecule has 0 aromatic carbocycles. The summed E-state index contributed by atoms with van der Waals surface area (Å²) in [4.78, 5) is 19.4. The molecular weight excluding hydrogens is 344 g/mol. The molecule has 0 bridgehead atoms. The second-order valence-corrected chi connectivity index (χ2v) is 6.65. The first kappa shape index (κ1) is 30.3. The van der Waals surface area contributed by atoms with E-state index in [0.717, 1.165) is 6.92 Å². The summed E-state index contributed by atoms with van der Waals surface area (Å²) in [6, 6.07) is 0. The van der Waals surface area contributed by atoms with Crippen molar-refractivity contribution in [3.05, 3.63) is 11.6 Å². The van der Waals surface area contributed by atoms with Crippen molar-refractivity contribution >= 4 is 11.9 Å². The summed E-state index contributed by atoms with van der Waals surface area (Å²) in [6.07, 6.45) is 0.468. The van der Waals surface area contributed by atoms with Gasteiger partial charge in [0.15, 0.2) is 0 Å². The van der Waals surface area contributed by atoms with E-state index < -0.39 is 11.9 Å². The lowest BCUT2D eigenvalue weighted by atomic mass is 10.3. The molecule has 27 heavy (non-hydrogen) atoms. The van der Waals surface area contributed by atoms with Crippen molar-refractivity contribution in [3.63, 3.8) is 0 Å². The fourth-order valence-electron chi connectivity index (χ4n) is 2.92. The van der Waals surface area contributed by atoms with Gasteiger partial charge in [0.2, 0.25) is 0 Å². The molecule has 6 nitrogen and oxygen atoms in total. The standard InChI is InChI=1S/2C8H20N.C5H6O4/c2*1-5-9(6-2,7-3)8-4;1-3(5(8)9)2-4(6)7/h2*5-8H2,1-4H3;2H,1H3,(H,6,7)(H,8,9)/q2*+1;/p-2/b;;3-2-. The average molecular weight is 389 g/mol. The van der Waals surface area contributed by atoms with Crippen LogP contribution in [0, 0.1) is 0 Å². The Morgan fingerprint density at radius 3 is 0.889 bits per heavy atom. The summed E-state index contributed by atoms with van der Waals surface area (Å²) >= 11 is 0. The fraction of sp³-hybridized carbons (Fsp3) is 0.810. The van der Waals surface area contributed by atoms with Gasteiger partial charge >= 0.3 is 0 Å². The number of carboxylic acid groups (broad SMARTS) is 2. The highest BCUT2D eigenvalue weighted by Gasteiger charge is 2.16. The summed E-state index contributed by atoms with van der Waals surface area (Å²) in [5, 5.41) is 19.4. The van der Waals surface area contributed by atoms with Gasteiger partial charge in [-0.15, -0.1) is 0 Å². The maximum absolute atomic E-state index is 9.76. The van der Waals surface area contributed by atoms with Crippen molar-refractivity contribution in [3.8, 4) is 0 Å². The number of aliphatic carboxylic acids is 2. The summed E-state index contributed by atoms with van der Waals surface area (Å²) in [5.74, 6) is -3.03. The molecule has 0 radical (unpaired) electrons. The summed E-state index contributed by atoms with van der Waals surface area (Å²) in [7, 11) is 0. The van der Waals surface area contributed by atoms with E-state index in [1.807, 2.05) is 0 Å². The Hall–Kier alpha value is -1.40. The zero-order chi connectivity index (χ0) is 22.1. The highest BCUT2D eigenvalue weighted by molar-refractivity contribution is 5.92. The maximum Gasteiger partial charge on any atom is 0.0757 e. The third-order valence-electron chi connectivity index (χ3n) is 6.02. The molecule has 0 aromatic rings. The van der Waals surface area contributed by atoms with Crippen molar-refractivity contribution in [1.29, 1.82) is 0 Å². The quantitative estimate of drug-likeness (QED) is 0.416. The lowest BCUT2D eigenvalue weighted by Gasteiger charge is -2.34. The van der Waals surface area contributed by atoms with Crippen LogP contribution in [0.5, 0.6) is 0 Å². The predicted octanol–water partition coefficient (Wildman–Crippen LogP) is 1.20. The zero-order valence-corrected chi connectivity index (χ0v) is 19.3. The highest BCUT2D eigenvalue weighted by Crippen LogP contribution is 2.04. The minimum absolute atomic E-state index is 0.352. The van der Waals surface area contributed by atoms with Crippen molar-refractivity contribution in [2.75, 3.05) is 52.4 Å². The number of carboxylic acids is 2. The van der Waals surface area contributed by atoms with Crippen molar-refractivity contribution < 1.29 is 28.8 Å². The zero-order valence-electron chi connectivity index (χ0n) is 19.3. The van der Waals surface area contributed by atoms with Crippen molar-refractivity contribution in [2.24, 2.45) is 0 Å². The number of rotatable bonds is 10. The van der Waals surface area contributed by atoms with E-state index >= 15 is 0 Å². The van der Waals surface area contributed by atoms with Crippen LogP contribution in [-0.2, 0) is 9.59 Å². The molecule has 0 unspecified atom stereocenters. The van der Waals surface area contributed by atoms with Crippen LogP contribution >= 0.6 is 0 Å². The number of nitrogens with zero attached hydrogens (tertiary/aromatic N) is 2. The van der Waals surface area contributed by atoms with Crippen LogP contribution in [0.1, 0.15) is 62.3 Å². The minimum Gasteiger partial charge on any atom is -0.545 e. The van der Waals surface area contributed by atoms with Crippen LogP contribution in [-0.4, -0.2) is 73.3 Å². The monoisotopic (exact) mass is 388 g/mol. The molecule has 0 amide bonds. The predicted molar refractivity (Wildman–Crippen MR) is 109 cm³/mol. The molecule has 0 spiro atoms. The summed E-state index contributed by atoms with van der Waals surface area (Å²) in [6.45, 7) is 29.6. The van der Waals surface area contributed by atoms with Crippen LogP contribution in [0.15, 0.2) is 11.6 Å². The van der Waals surface area contributed by atoms with Crippen LogP contribution in [0.2, 0.25) is 0 Å². The molecule has 6 heteroatoms. The van der Waals surface area contributed by atoms with Crippen molar-refractivity contribution in [2.45, 2.75) is 62.3 Å². The number of quaternary nitrogens is 2. The van der Waals surface area contributed by atoms with E-state index in [0.29, 0.717) is 6.08 Å². The molecule has 0 atom stereocenters. The van der Waals surface area contributed by atoms with Gasteiger partial charge in [-0.25, -0.2) is 0 Å². The van der Waals surface area contributed by atoms with E-state index in [4.69, 9.17) is 0 Å². The Morgan fingerprint density at radius 2 is 0.852 bits per heavy atom. The maximum atomic E-state index is 9.76. The van der Waals surface area contributed by atoms with Gasteiger partial charge < -0.3 is 28.8 Å². The van der Waals surface area contributed by atoms with Gasteiger partial charge in [0, 0.05) is 0 Å². The average Bonchev–Trinajstić information content (AvgIpc) is 2.67. The Bertz CT molecular complexity index is 371. The second kappa shape index (κ2) is 16.8. The molecule has 0 N–H and O–H groups in total. The molecule has 0 aliphatic rings. The van der Waals surface area contributed by atoms with E-state index in [2.05, 4.69) is 55.4 Å². The third-order valence-corrected chi connectivity index (χ3v) is 6.02. The van der Waals surface area contributed by atoms with E-state index in [1.165, 1.54) is 61.3 Å². The number of hydrogen-bond acceptors (Lipinski definition) is 4. The molecule has 0 rings (SSSR count). The van der Waals surface area contributed by atoms with Gasteiger partial charge in [-0.3, -0.25) is 0 Å². The van der Waals surface area contributed by atoms with Gasteiger partial charge in [-0.05, 0) is 74.0 Å². The smallest absolute Gasteiger partial charge is 0.0757 e. The minimum atomic E-state index is -1.53. The first-order valence-corrected chi connectivity index (χ1v) is 10.3. The van der Waals surface area contributed by atoms with Gasteiger partial charge in [-0.2, -0.15) is 0 Å². The molecule has 0 fully saturated rings. The molecule has 0 aliphatic heterocycles. The normalized spacial score (nSPS) is 11.7. The van der Waals surface area contributed by atoms with Gasteiger partial charge in [-0.1, -0.05) is 0 Å². The summed E-state index contributed by atoms with van der Waals surface area (Å²) < 4.78 is 2.56. The number of hydrogen-bond donors (Lipinski definition) is 0. The molecule has 0 saturated heterocycles. The number of carbonyl (C=O) groups is 2. The molecule has 0 heterocycles. The van der Waals surface area contributed by atoms with Crippen LogP contribution in [0.25, 0.3) is 0 Å². The Morgan fingerprint density at radius 1 is 0.630 bits per heavy atom. The lowest BCUT2D eigenvalue weighted by molar-refractivity contribution is -0.921. The molecular formula is C21H44N2O4. The fourth-order valence-corrected chi connectivity index (χ4v) is 2.92. The first-order valence-electron chi connectivity index (χ1n) is 10.3. The molecule has 0 aromatic heterocycles. The summed E-state index contributed by atoms with van der Waals surface area (Å²) in [5.41, 5.74) is -0.352. The Balaban J connectivity index is -0.000000320. The van der Waals surface area contributed by atoms with Crippen LogP contribution in [0.4, 0.5) is 0 Å². The van der Waals surface area contributed by atoms with E-state index in [9.17, 15) is 19.8 Å². The molecule has 0 saturated carbocycles. The van der Waals surface area contributed by atoms with E-state index in [-0.39, 0.29) is 5.57 Å². The molecule has 0 aliphatic carbocycles. The Kier molecular flexibility index (Phi) is 18.8. The first-order chi connectivity index (χ1) is 12.5. The van der Waals surface area contributed by atoms with Gasteiger partial charge in [0.05, 0.1) is 64.3 Å². The highest BCUT2D eigenvalue weighted by atomic mass is 16.4. The number of carbonyl (C=O) groups excluding carboxylic acids is 2. The SMILES string of the molecule is C/C(=C/C(=O)[O-])C(=O)[O-].CC[N+](CC)(CC)CC.CC[N+](CC)(CC)CC. The van der Waals surface area contributed by atoms with Gasteiger partial charge in [0.1, 0.15) is 0 Å². The second-order valence-electron chi connectivity index (χ2n) is 6.65. The largest absolute Gasteiger partial charge is 0.545 e. The Labute approximate surface area is 167 Å². The van der Waals surface area contributed by atoms with Gasteiger partial charge in [0.25, 0.3) is 0 Å². The van der Waals surface area contributed by atoms with E-state index in [1.54, 1.807) is 0 Å². The molecule has 162 valence electrons. The third kappa shape index (κ3) is 13.4. The van der Waals surface area contributed by atoms with Crippen molar-refractivity contribution in [1.82, 2.24) is 0 Å². The van der Waals surface area contributed by atoms with Crippen LogP contribution in [0.3, 0.4) is 0 Å².